The Morgan fingerprint density at radius 3 is 2.91 bits per heavy atom. The van der Waals surface area contributed by atoms with Crippen molar-refractivity contribution in [2.24, 2.45) is 0 Å². The van der Waals surface area contributed by atoms with Gasteiger partial charge in [-0.15, -0.1) is 11.3 Å². The van der Waals surface area contributed by atoms with E-state index in [-0.39, 0.29) is 0 Å². The summed E-state index contributed by atoms with van der Waals surface area (Å²) in [6, 6.07) is 0. The van der Waals surface area contributed by atoms with E-state index in [1.165, 1.54) is 0 Å². The number of imidazole rings is 1. The van der Waals surface area contributed by atoms with Gasteiger partial charge in [0.1, 0.15) is 10.8 Å². The summed E-state index contributed by atoms with van der Waals surface area (Å²) in [7, 11) is 0. The van der Waals surface area contributed by atoms with Crippen molar-refractivity contribution in [2.75, 3.05) is 0 Å². The molecule has 0 amide bonds. The highest BCUT2D eigenvalue weighted by Crippen LogP contribution is 2.18. The number of nitrogens with zero attached hydrogens (tertiary/aromatic N) is 2. The summed E-state index contributed by atoms with van der Waals surface area (Å²) in [6.07, 6.45) is 3.59. The summed E-state index contributed by atoms with van der Waals surface area (Å²) in [4.78, 5) is 11.3. The van der Waals surface area contributed by atoms with Gasteiger partial charge < -0.3 is 4.98 Å². The van der Waals surface area contributed by atoms with Crippen LogP contribution < -0.4 is 0 Å². The van der Waals surface area contributed by atoms with Crippen molar-refractivity contribution in [1.29, 1.82) is 0 Å². The van der Waals surface area contributed by atoms with Gasteiger partial charge in [-0.05, 0) is 6.92 Å². The van der Waals surface area contributed by atoms with Crippen LogP contribution in [0.5, 0.6) is 0 Å². The quantitative estimate of drug-likeness (QED) is 0.700. The molecule has 0 aliphatic rings. The lowest BCUT2D eigenvalue weighted by Crippen LogP contribution is -1.74. The number of thiazole rings is 1. The van der Waals surface area contributed by atoms with Crippen LogP contribution in [0.1, 0.15) is 5.82 Å². The average molecular weight is 165 g/mol. The fourth-order valence-corrected chi connectivity index (χ4v) is 1.49. The van der Waals surface area contributed by atoms with Gasteiger partial charge in [0.05, 0.1) is 11.9 Å². The summed E-state index contributed by atoms with van der Waals surface area (Å²) < 4.78 is 0. The molecule has 2 heterocycles. The van der Waals surface area contributed by atoms with Crippen LogP contribution in [0, 0.1) is 6.92 Å². The Morgan fingerprint density at radius 1 is 1.45 bits per heavy atom. The van der Waals surface area contributed by atoms with Crippen molar-refractivity contribution in [3.63, 3.8) is 0 Å². The largest absolute Gasteiger partial charge is 0.340 e. The number of rotatable bonds is 1. The first-order valence-electron chi connectivity index (χ1n) is 3.28. The molecule has 0 aliphatic heterocycles. The predicted molar refractivity (Wildman–Crippen MR) is 44.4 cm³/mol. The van der Waals surface area contributed by atoms with Crippen LogP contribution in [-0.4, -0.2) is 15.0 Å². The van der Waals surface area contributed by atoms with Gasteiger partial charge >= 0.3 is 0 Å². The highest BCUT2D eigenvalue weighted by Gasteiger charge is 2.01. The Bertz CT molecular complexity index is 336. The van der Waals surface area contributed by atoms with Gasteiger partial charge in [-0.2, -0.15) is 0 Å². The molecular weight excluding hydrogens is 158 g/mol. The van der Waals surface area contributed by atoms with Crippen molar-refractivity contribution in [3.05, 3.63) is 23.6 Å². The Morgan fingerprint density at radius 2 is 2.36 bits per heavy atom. The van der Waals surface area contributed by atoms with Crippen molar-refractivity contribution >= 4 is 11.3 Å². The van der Waals surface area contributed by atoms with Gasteiger partial charge in [0.15, 0.2) is 0 Å². The van der Waals surface area contributed by atoms with Crippen LogP contribution in [0.15, 0.2) is 17.8 Å². The fourth-order valence-electron chi connectivity index (χ4n) is 0.886. The van der Waals surface area contributed by atoms with Crippen molar-refractivity contribution in [2.45, 2.75) is 6.92 Å². The molecule has 0 unspecified atom stereocenters. The third kappa shape index (κ3) is 1.17. The highest BCUT2D eigenvalue weighted by molar-refractivity contribution is 7.13. The van der Waals surface area contributed by atoms with Crippen molar-refractivity contribution in [1.82, 2.24) is 15.0 Å². The zero-order valence-corrected chi connectivity index (χ0v) is 6.85. The minimum absolute atomic E-state index is 0.926. The number of aromatic amines is 1. The number of aryl methyl sites for hydroxylation is 1. The molecule has 0 radical (unpaired) electrons. The van der Waals surface area contributed by atoms with E-state index < -0.39 is 0 Å². The number of hydrogen-bond donors (Lipinski definition) is 1. The van der Waals surface area contributed by atoms with E-state index in [1.54, 1.807) is 23.7 Å². The number of hydrogen-bond acceptors (Lipinski definition) is 3. The molecule has 0 saturated heterocycles. The van der Waals surface area contributed by atoms with E-state index in [0.717, 1.165) is 16.5 Å². The lowest BCUT2D eigenvalue weighted by Gasteiger charge is -1.85. The molecule has 0 aromatic carbocycles. The molecule has 2 aromatic heterocycles. The lowest BCUT2D eigenvalue weighted by molar-refractivity contribution is 1.15. The Hall–Kier alpha value is -1.16. The van der Waals surface area contributed by atoms with Gasteiger partial charge in [0.2, 0.25) is 0 Å². The molecule has 4 heteroatoms. The molecule has 0 aliphatic carbocycles. The van der Waals surface area contributed by atoms with Gasteiger partial charge in [-0.3, -0.25) is 0 Å². The van der Waals surface area contributed by atoms with E-state index in [0.29, 0.717) is 0 Å². The summed E-state index contributed by atoms with van der Waals surface area (Å²) in [6.45, 7) is 1.93. The number of nitrogens with one attached hydrogen (secondary N) is 1. The van der Waals surface area contributed by atoms with Crippen LogP contribution >= 0.6 is 11.3 Å². The van der Waals surface area contributed by atoms with Gasteiger partial charge in [0.25, 0.3) is 0 Å². The van der Waals surface area contributed by atoms with Crippen LogP contribution in [-0.2, 0) is 0 Å². The maximum Gasteiger partial charge on any atom is 0.141 e. The molecule has 0 bridgehead atoms. The van der Waals surface area contributed by atoms with Crippen LogP contribution in [0.4, 0.5) is 0 Å². The monoisotopic (exact) mass is 165 g/mol. The maximum atomic E-state index is 4.15. The SMILES string of the molecule is Cc1ncc(-c2nccs2)[nH]1. The van der Waals surface area contributed by atoms with E-state index in [1.807, 2.05) is 12.3 Å². The molecule has 2 aromatic rings. The first-order chi connectivity index (χ1) is 5.36. The standard InChI is InChI=1S/C7H7N3S/c1-5-9-4-6(10-5)7-8-2-3-11-7/h2-4H,1H3,(H,9,10). The zero-order valence-electron chi connectivity index (χ0n) is 6.03. The smallest absolute Gasteiger partial charge is 0.141 e. The second-order valence-corrected chi connectivity index (χ2v) is 3.11. The second kappa shape index (κ2) is 2.47. The van der Waals surface area contributed by atoms with E-state index in [9.17, 15) is 0 Å². The third-order valence-electron chi connectivity index (χ3n) is 1.37. The molecule has 0 saturated carbocycles. The first-order valence-corrected chi connectivity index (χ1v) is 4.16. The van der Waals surface area contributed by atoms with Crippen LogP contribution in [0.2, 0.25) is 0 Å². The fraction of sp³-hybridized carbons (Fsp3) is 0.143. The van der Waals surface area contributed by atoms with E-state index >= 15 is 0 Å². The van der Waals surface area contributed by atoms with Crippen molar-refractivity contribution < 1.29 is 0 Å². The summed E-state index contributed by atoms with van der Waals surface area (Å²) >= 11 is 1.61. The van der Waals surface area contributed by atoms with Gasteiger partial charge in [-0.1, -0.05) is 0 Å². The van der Waals surface area contributed by atoms with E-state index in [2.05, 4.69) is 15.0 Å². The molecule has 56 valence electrons. The van der Waals surface area contributed by atoms with Gasteiger partial charge in [0, 0.05) is 11.6 Å². The summed E-state index contributed by atoms with van der Waals surface area (Å²) in [5.41, 5.74) is 0.998. The van der Waals surface area contributed by atoms with E-state index in [4.69, 9.17) is 0 Å². The predicted octanol–water partition coefficient (Wildman–Crippen LogP) is 1.84. The average Bonchev–Trinajstić information content (AvgIpc) is 2.55. The minimum atomic E-state index is 0.926. The molecular formula is C7H7N3S. The molecule has 0 fully saturated rings. The Kier molecular flexibility index (Phi) is 1.47. The molecule has 11 heavy (non-hydrogen) atoms. The first kappa shape index (κ1) is 6.54. The van der Waals surface area contributed by atoms with Gasteiger partial charge in [-0.25, -0.2) is 9.97 Å². The Balaban J connectivity index is 2.45. The second-order valence-electron chi connectivity index (χ2n) is 2.22. The molecule has 2 rings (SSSR count). The zero-order chi connectivity index (χ0) is 7.68. The summed E-state index contributed by atoms with van der Waals surface area (Å²) in [5.74, 6) is 0.926. The van der Waals surface area contributed by atoms with Crippen LogP contribution in [0.25, 0.3) is 10.7 Å². The normalized spacial score (nSPS) is 10.3. The third-order valence-corrected chi connectivity index (χ3v) is 2.17. The minimum Gasteiger partial charge on any atom is -0.340 e. The highest BCUT2D eigenvalue weighted by atomic mass is 32.1. The van der Waals surface area contributed by atoms with Crippen LogP contribution in [0.3, 0.4) is 0 Å². The topological polar surface area (TPSA) is 41.6 Å². The molecule has 0 atom stereocenters. The molecule has 0 spiro atoms. The summed E-state index contributed by atoms with van der Waals surface area (Å²) in [5, 5.41) is 2.94. The van der Waals surface area contributed by atoms with Crippen molar-refractivity contribution in [3.8, 4) is 10.7 Å². The number of aromatic nitrogens is 3. The molecule has 3 nitrogen and oxygen atoms in total. The molecule has 1 N–H and O–H groups in total. The maximum absolute atomic E-state index is 4.15. The Labute approximate surface area is 68.1 Å². The number of H-pyrrole nitrogens is 1. The lowest BCUT2D eigenvalue weighted by atomic mass is 10.5.